The van der Waals surface area contributed by atoms with E-state index in [0.717, 1.165) is 25.9 Å². The molecule has 1 amide bonds. The Bertz CT molecular complexity index is 203. The summed E-state index contributed by atoms with van der Waals surface area (Å²) in [5, 5.41) is 2.92. The number of carbonyl (C=O) groups is 1. The molecule has 4 heteroatoms. The number of hydrogen-bond acceptors (Lipinski definition) is 3. The zero-order valence-electron chi connectivity index (χ0n) is 7.30. The number of likely N-dealkylation sites (tertiary alicyclic amines) is 1. The molecule has 12 heavy (non-hydrogen) atoms. The highest BCUT2D eigenvalue weighted by atomic mass is 16.6. The molecule has 2 aliphatic rings. The Morgan fingerprint density at radius 1 is 1.58 bits per heavy atom. The van der Waals surface area contributed by atoms with Crippen LogP contribution in [0.3, 0.4) is 0 Å². The van der Waals surface area contributed by atoms with Crippen molar-refractivity contribution in [1.82, 2.24) is 10.2 Å². The lowest BCUT2D eigenvalue weighted by atomic mass is 9.94. The Morgan fingerprint density at radius 2 is 2.42 bits per heavy atom. The third-order valence-corrected chi connectivity index (χ3v) is 2.73. The minimum absolute atomic E-state index is 0.0179. The summed E-state index contributed by atoms with van der Waals surface area (Å²) >= 11 is 0. The molecule has 2 aliphatic heterocycles. The first-order valence-electron chi connectivity index (χ1n) is 4.34. The monoisotopic (exact) mass is 170 g/mol. The Hall–Kier alpha value is -0.770. The fourth-order valence-corrected chi connectivity index (χ4v) is 2.04. The van der Waals surface area contributed by atoms with Gasteiger partial charge in [-0.1, -0.05) is 0 Å². The van der Waals surface area contributed by atoms with Crippen LogP contribution in [0.1, 0.15) is 12.8 Å². The van der Waals surface area contributed by atoms with Crippen LogP contribution >= 0.6 is 0 Å². The van der Waals surface area contributed by atoms with Gasteiger partial charge in [0.25, 0.3) is 0 Å². The van der Waals surface area contributed by atoms with Gasteiger partial charge in [0, 0.05) is 19.5 Å². The predicted molar refractivity (Wildman–Crippen MR) is 43.9 cm³/mol. The van der Waals surface area contributed by atoms with Crippen molar-refractivity contribution in [3.63, 3.8) is 0 Å². The summed E-state index contributed by atoms with van der Waals surface area (Å²) < 4.78 is 4.83. The smallest absolute Gasteiger partial charge is 0.407 e. The molecule has 0 bridgehead atoms. The van der Waals surface area contributed by atoms with Crippen LogP contribution in [0.2, 0.25) is 0 Å². The fraction of sp³-hybridized carbons (Fsp3) is 0.875. The van der Waals surface area contributed by atoms with Crippen LogP contribution in [0.25, 0.3) is 0 Å². The highest BCUT2D eigenvalue weighted by Crippen LogP contribution is 2.26. The Balaban J connectivity index is 2.05. The topological polar surface area (TPSA) is 41.6 Å². The lowest BCUT2D eigenvalue weighted by molar-refractivity contribution is 0.0895. The van der Waals surface area contributed by atoms with E-state index in [0.29, 0.717) is 6.61 Å². The van der Waals surface area contributed by atoms with Crippen molar-refractivity contribution in [1.29, 1.82) is 0 Å². The molecule has 0 aromatic carbocycles. The largest absolute Gasteiger partial charge is 0.449 e. The maximum atomic E-state index is 11.0. The summed E-state index contributed by atoms with van der Waals surface area (Å²) in [4.78, 5) is 13.2. The molecule has 1 unspecified atom stereocenters. The maximum absolute atomic E-state index is 11.0. The fourth-order valence-electron chi connectivity index (χ4n) is 2.04. The standard InChI is InChI=1S/C8H14N2O2/c1-10-4-2-8(6-10)3-5-12-7(11)9-8/h2-6H2,1H3,(H,9,11). The molecule has 0 aliphatic carbocycles. The van der Waals surface area contributed by atoms with Gasteiger partial charge >= 0.3 is 6.09 Å². The molecule has 0 saturated carbocycles. The molecule has 2 fully saturated rings. The molecule has 68 valence electrons. The first-order chi connectivity index (χ1) is 5.70. The van der Waals surface area contributed by atoms with Crippen LogP contribution in [0.15, 0.2) is 0 Å². The van der Waals surface area contributed by atoms with E-state index in [1.807, 2.05) is 0 Å². The van der Waals surface area contributed by atoms with Crippen molar-refractivity contribution in [3.05, 3.63) is 0 Å². The summed E-state index contributed by atoms with van der Waals surface area (Å²) in [6, 6.07) is 0. The van der Waals surface area contributed by atoms with Gasteiger partial charge in [0.05, 0.1) is 12.1 Å². The van der Waals surface area contributed by atoms with Gasteiger partial charge in [0.15, 0.2) is 0 Å². The van der Waals surface area contributed by atoms with Crippen LogP contribution < -0.4 is 5.32 Å². The van der Waals surface area contributed by atoms with Crippen LogP contribution in [-0.4, -0.2) is 43.3 Å². The number of carbonyl (C=O) groups excluding carboxylic acids is 1. The van der Waals surface area contributed by atoms with Crippen LogP contribution in [0.4, 0.5) is 4.79 Å². The van der Waals surface area contributed by atoms with E-state index < -0.39 is 0 Å². The van der Waals surface area contributed by atoms with Gasteiger partial charge in [-0.25, -0.2) is 4.79 Å². The van der Waals surface area contributed by atoms with Crippen molar-refractivity contribution < 1.29 is 9.53 Å². The summed E-state index contributed by atoms with van der Waals surface area (Å²) in [6.07, 6.45) is 1.75. The molecule has 0 radical (unpaired) electrons. The molecule has 1 N–H and O–H groups in total. The van der Waals surface area contributed by atoms with Crippen LogP contribution in [-0.2, 0) is 4.74 Å². The Labute approximate surface area is 71.9 Å². The SMILES string of the molecule is CN1CCC2(CCOC(=O)N2)C1. The van der Waals surface area contributed by atoms with E-state index in [2.05, 4.69) is 17.3 Å². The van der Waals surface area contributed by atoms with Crippen molar-refractivity contribution >= 4 is 6.09 Å². The van der Waals surface area contributed by atoms with Gasteiger partial charge in [0.1, 0.15) is 0 Å². The highest BCUT2D eigenvalue weighted by molar-refractivity contribution is 5.69. The minimum atomic E-state index is -0.253. The number of amides is 1. The average Bonchev–Trinajstić information content (AvgIpc) is 2.32. The number of nitrogens with one attached hydrogen (secondary N) is 1. The zero-order valence-corrected chi connectivity index (χ0v) is 7.30. The number of cyclic esters (lactones) is 1. The summed E-state index contributed by atoms with van der Waals surface area (Å²) in [7, 11) is 2.08. The van der Waals surface area contributed by atoms with E-state index in [-0.39, 0.29) is 11.6 Å². The van der Waals surface area contributed by atoms with Crippen LogP contribution in [0.5, 0.6) is 0 Å². The van der Waals surface area contributed by atoms with Gasteiger partial charge in [-0.3, -0.25) is 0 Å². The van der Waals surface area contributed by atoms with E-state index in [1.165, 1.54) is 0 Å². The van der Waals surface area contributed by atoms with E-state index in [9.17, 15) is 4.79 Å². The van der Waals surface area contributed by atoms with E-state index in [4.69, 9.17) is 4.74 Å². The molecule has 2 heterocycles. The van der Waals surface area contributed by atoms with Crippen molar-refractivity contribution in [2.24, 2.45) is 0 Å². The van der Waals surface area contributed by atoms with Crippen LogP contribution in [0, 0.1) is 0 Å². The van der Waals surface area contributed by atoms with Crippen molar-refractivity contribution in [2.75, 3.05) is 26.7 Å². The van der Waals surface area contributed by atoms with Crippen molar-refractivity contribution in [3.8, 4) is 0 Å². The normalized spacial score (nSPS) is 36.6. The highest BCUT2D eigenvalue weighted by Gasteiger charge is 2.40. The number of ether oxygens (including phenoxy) is 1. The lowest BCUT2D eigenvalue weighted by Gasteiger charge is -2.33. The van der Waals surface area contributed by atoms with Gasteiger partial charge in [-0.15, -0.1) is 0 Å². The number of alkyl carbamates (subject to hydrolysis) is 1. The van der Waals surface area contributed by atoms with Gasteiger partial charge in [0.2, 0.25) is 0 Å². The van der Waals surface area contributed by atoms with Gasteiger partial charge < -0.3 is 15.0 Å². The first kappa shape index (κ1) is 7.86. The molecular weight excluding hydrogens is 156 g/mol. The first-order valence-corrected chi connectivity index (χ1v) is 4.34. The van der Waals surface area contributed by atoms with Gasteiger partial charge in [-0.05, 0) is 13.5 Å². The number of rotatable bonds is 0. The summed E-state index contributed by atoms with van der Waals surface area (Å²) in [5.74, 6) is 0. The molecule has 4 nitrogen and oxygen atoms in total. The van der Waals surface area contributed by atoms with Crippen molar-refractivity contribution in [2.45, 2.75) is 18.4 Å². The Kier molecular flexibility index (Phi) is 1.72. The zero-order chi connectivity index (χ0) is 8.60. The second kappa shape index (κ2) is 2.62. The third-order valence-electron chi connectivity index (χ3n) is 2.73. The number of nitrogens with zero attached hydrogens (tertiary/aromatic N) is 1. The summed E-state index contributed by atoms with van der Waals surface area (Å²) in [5.41, 5.74) is 0.0179. The van der Waals surface area contributed by atoms with E-state index in [1.54, 1.807) is 0 Å². The lowest BCUT2D eigenvalue weighted by Crippen LogP contribution is -2.54. The molecule has 1 atom stereocenters. The second-order valence-corrected chi connectivity index (χ2v) is 3.78. The molecule has 2 saturated heterocycles. The third kappa shape index (κ3) is 1.27. The number of likely N-dealkylation sites (N-methyl/N-ethyl adjacent to an activating group) is 1. The molecule has 2 rings (SSSR count). The second-order valence-electron chi connectivity index (χ2n) is 3.78. The predicted octanol–water partition coefficient (Wildman–Crippen LogP) is 0.191. The number of hydrogen-bond donors (Lipinski definition) is 1. The minimum Gasteiger partial charge on any atom is -0.449 e. The Morgan fingerprint density at radius 3 is 3.00 bits per heavy atom. The summed E-state index contributed by atoms with van der Waals surface area (Å²) in [6.45, 7) is 2.60. The van der Waals surface area contributed by atoms with E-state index >= 15 is 0 Å². The maximum Gasteiger partial charge on any atom is 0.407 e. The molecule has 0 aromatic rings. The van der Waals surface area contributed by atoms with Gasteiger partial charge in [-0.2, -0.15) is 0 Å². The molecule has 0 aromatic heterocycles. The quantitative estimate of drug-likeness (QED) is 0.564. The average molecular weight is 170 g/mol. The molecular formula is C8H14N2O2. The molecule has 1 spiro atoms.